The summed E-state index contributed by atoms with van der Waals surface area (Å²) in [5, 5.41) is 2.99. The molecule has 1 aliphatic rings. The van der Waals surface area contributed by atoms with Gasteiger partial charge in [0.2, 0.25) is 5.91 Å². The van der Waals surface area contributed by atoms with Crippen LogP contribution in [0.4, 0.5) is 19.0 Å². The number of carbonyl (C=O) groups excluding carboxylic acids is 1. The van der Waals surface area contributed by atoms with Gasteiger partial charge in [0.15, 0.2) is 0 Å². The first-order valence-electron chi connectivity index (χ1n) is 8.91. The number of nitrogens with one attached hydrogen (secondary N) is 1. The fourth-order valence-electron chi connectivity index (χ4n) is 3.17. The maximum Gasteiger partial charge on any atom is 0.433 e. The van der Waals surface area contributed by atoms with E-state index >= 15 is 0 Å². The monoisotopic (exact) mass is 394 g/mol. The zero-order chi connectivity index (χ0) is 20.1. The summed E-state index contributed by atoms with van der Waals surface area (Å²) in [7, 11) is 1.57. The van der Waals surface area contributed by atoms with Gasteiger partial charge in [-0.05, 0) is 30.5 Å². The lowest BCUT2D eigenvalue weighted by Crippen LogP contribution is -2.45. The van der Waals surface area contributed by atoms with Crippen molar-refractivity contribution in [3.8, 4) is 5.75 Å². The summed E-state index contributed by atoms with van der Waals surface area (Å²) in [5.74, 6) is 0.860. The Morgan fingerprint density at radius 1 is 1.25 bits per heavy atom. The van der Waals surface area contributed by atoms with Crippen LogP contribution in [0.25, 0.3) is 0 Å². The third-order valence-electron chi connectivity index (χ3n) is 4.63. The number of aromatic nitrogens is 2. The largest absolute Gasteiger partial charge is 0.497 e. The Kier molecular flexibility index (Phi) is 6.01. The lowest BCUT2D eigenvalue weighted by atomic mass is 10.0. The molecule has 1 aromatic carbocycles. The lowest BCUT2D eigenvalue weighted by molar-refractivity contribution is -0.141. The van der Waals surface area contributed by atoms with E-state index in [0.717, 1.165) is 18.0 Å². The first-order valence-corrected chi connectivity index (χ1v) is 8.91. The molecule has 1 N–H and O–H groups in total. The van der Waals surface area contributed by atoms with Crippen LogP contribution < -0.4 is 15.0 Å². The van der Waals surface area contributed by atoms with E-state index in [1.165, 1.54) is 0 Å². The third kappa shape index (κ3) is 5.11. The Labute approximate surface area is 160 Å². The molecular formula is C19H21F3N4O2. The van der Waals surface area contributed by atoms with Crippen LogP contribution >= 0.6 is 0 Å². The second-order valence-corrected chi connectivity index (χ2v) is 6.62. The average Bonchev–Trinajstić information content (AvgIpc) is 2.68. The second-order valence-electron chi connectivity index (χ2n) is 6.62. The molecule has 1 aromatic heterocycles. The minimum atomic E-state index is -4.50. The van der Waals surface area contributed by atoms with E-state index in [9.17, 15) is 18.0 Å². The van der Waals surface area contributed by atoms with Crippen molar-refractivity contribution in [1.29, 1.82) is 0 Å². The Hall–Kier alpha value is -2.84. The Bertz CT molecular complexity index is 821. The van der Waals surface area contributed by atoms with Gasteiger partial charge >= 0.3 is 6.18 Å². The first kappa shape index (κ1) is 19.9. The molecule has 0 unspecified atom stereocenters. The Balaban J connectivity index is 1.52. The fraction of sp³-hybridized carbons (Fsp3) is 0.421. The van der Waals surface area contributed by atoms with Gasteiger partial charge in [0.05, 0.1) is 13.5 Å². The Morgan fingerprint density at radius 2 is 2.00 bits per heavy atom. The number of nitrogens with zero attached hydrogens (tertiary/aromatic N) is 3. The van der Waals surface area contributed by atoms with E-state index < -0.39 is 11.9 Å². The van der Waals surface area contributed by atoms with Gasteiger partial charge in [-0.3, -0.25) is 4.79 Å². The van der Waals surface area contributed by atoms with Crippen LogP contribution in [-0.4, -0.2) is 42.1 Å². The van der Waals surface area contributed by atoms with Crippen molar-refractivity contribution in [2.75, 3.05) is 25.1 Å². The van der Waals surface area contributed by atoms with Gasteiger partial charge in [-0.1, -0.05) is 12.1 Å². The van der Waals surface area contributed by atoms with Gasteiger partial charge in [-0.2, -0.15) is 13.2 Å². The van der Waals surface area contributed by atoms with Crippen LogP contribution in [0, 0.1) is 0 Å². The van der Waals surface area contributed by atoms with E-state index in [0.29, 0.717) is 31.7 Å². The van der Waals surface area contributed by atoms with Crippen molar-refractivity contribution in [3.05, 3.63) is 47.9 Å². The summed E-state index contributed by atoms with van der Waals surface area (Å²) in [6.07, 6.45) is -2.05. The van der Waals surface area contributed by atoms with E-state index in [4.69, 9.17) is 4.74 Å². The number of methoxy groups -OCH3 is 1. The molecule has 0 bridgehead atoms. The maximum atomic E-state index is 12.8. The predicted molar refractivity (Wildman–Crippen MR) is 97.1 cm³/mol. The number of ether oxygens (including phenoxy) is 1. The summed E-state index contributed by atoms with van der Waals surface area (Å²) in [5.41, 5.74) is -0.0961. The zero-order valence-corrected chi connectivity index (χ0v) is 15.4. The molecule has 0 radical (unpaired) electrons. The predicted octanol–water partition coefficient (Wildman–Crippen LogP) is 2.83. The van der Waals surface area contributed by atoms with Crippen LogP contribution in [-0.2, 0) is 17.4 Å². The molecule has 0 saturated carbocycles. The maximum absolute atomic E-state index is 12.8. The molecule has 0 atom stereocenters. The van der Waals surface area contributed by atoms with Crippen LogP contribution in [0.2, 0.25) is 0 Å². The van der Waals surface area contributed by atoms with Gasteiger partial charge in [0, 0.05) is 25.2 Å². The SMILES string of the molecule is COc1cccc(CC(=O)NC2CCN(c3cc(C(F)(F)F)ncn3)CC2)c1. The van der Waals surface area contributed by atoms with Gasteiger partial charge < -0.3 is 15.0 Å². The van der Waals surface area contributed by atoms with Crippen molar-refractivity contribution in [1.82, 2.24) is 15.3 Å². The summed E-state index contributed by atoms with van der Waals surface area (Å²) >= 11 is 0. The van der Waals surface area contributed by atoms with Gasteiger partial charge in [0.25, 0.3) is 0 Å². The minimum Gasteiger partial charge on any atom is -0.497 e. The van der Waals surface area contributed by atoms with Crippen LogP contribution in [0.3, 0.4) is 0 Å². The minimum absolute atomic E-state index is 0.0155. The fourth-order valence-corrected chi connectivity index (χ4v) is 3.17. The number of carbonyl (C=O) groups is 1. The van der Waals surface area contributed by atoms with Crippen molar-refractivity contribution in [2.45, 2.75) is 31.5 Å². The number of benzene rings is 1. The van der Waals surface area contributed by atoms with E-state index in [1.807, 2.05) is 24.3 Å². The molecule has 3 rings (SSSR count). The van der Waals surface area contributed by atoms with Crippen LogP contribution in [0.5, 0.6) is 5.75 Å². The van der Waals surface area contributed by atoms with Gasteiger partial charge in [0.1, 0.15) is 23.6 Å². The Morgan fingerprint density at radius 3 is 2.68 bits per heavy atom. The van der Waals surface area contributed by atoms with E-state index in [-0.39, 0.29) is 24.2 Å². The highest BCUT2D eigenvalue weighted by Crippen LogP contribution is 2.29. The highest BCUT2D eigenvalue weighted by Gasteiger charge is 2.33. The smallest absolute Gasteiger partial charge is 0.433 e. The van der Waals surface area contributed by atoms with Crippen molar-refractivity contribution in [3.63, 3.8) is 0 Å². The zero-order valence-electron chi connectivity index (χ0n) is 15.4. The average molecular weight is 394 g/mol. The third-order valence-corrected chi connectivity index (χ3v) is 4.63. The molecular weight excluding hydrogens is 373 g/mol. The number of halogens is 3. The summed E-state index contributed by atoms with van der Waals surface area (Å²) < 4.78 is 43.6. The number of anilines is 1. The lowest BCUT2D eigenvalue weighted by Gasteiger charge is -2.33. The molecule has 6 nitrogen and oxygen atoms in total. The molecule has 0 spiro atoms. The molecule has 2 aromatic rings. The molecule has 2 heterocycles. The number of hydrogen-bond donors (Lipinski definition) is 1. The van der Waals surface area contributed by atoms with E-state index in [2.05, 4.69) is 15.3 Å². The van der Waals surface area contributed by atoms with Crippen LogP contribution in [0.15, 0.2) is 36.7 Å². The quantitative estimate of drug-likeness (QED) is 0.845. The first-order chi connectivity index (χ1) is 13.3. The summed E-state index contributed by atoms with van der Waals surface area (Å²) in [6.45, 7) is 1.02. The topological polar surface area (TPSA) is 67.3 Å². The van der Waals surface area contributed by atoms with Gasteiger partial charge in [-0.15, -0.1) is 0 Å². The highest BCUT2D eigenvalue weighted by molar-refractivity contribution is 5.79. The number of alkyl halides is 3. The molecule has 150 valence electrons. The van der Waals surface area contributed by atoms with Crippen LogP contribution in [0.1, 0.15) is 24.1 Å². The molecule has 1 aliphatic heterocycles. The normalized spacial score (nSPS) is 15.4. The molecule has 0 aliphatic carbocycles. The summed E-state index contributed by atoms with van der Waals surface area (Å²) in [4.78, 5) is 21.3. The highest BCUT2D eigenvalue weighted by atomic mass is 19.4. The molecule has 1 saturated heterocycles. The van der Waals surface area contributed by atoms with Crippen molar-refractivity contribution >= 4 is 11.7 Å². The number of rotatable bonds is 5. The van der Waals surface area contributed by atoms with Gasteiger partial charge in [-0.25, -0.2) is 9.97 Å². The molecule has 1 amide bonds. The molecule has 9 heteroatoms. The second kappa shape index (κ2) is 8.45. The van der Waals surface area contributed by atoms with Crippen molar-refractivity contribution < 1.29 is 22.7 Å². The van der Waals surface area contributed by atoms with Crippen molar-refractivity contribution in [2.24, 2.45) is 0 Å². The number of hydrogen-bond acceptors (Lipinski definition) is 5. The molecule has 28 heavy (non-hydrogen) atoms. The number of amides is 1. The standard InChI is InChI=1S/C19H21F3N4O2/c1-28-15-4-2-3-13(9-15)10-18(27)25-14-5-7-26(8-6-14)17-11-16(19(20,21)22)23-12-24-17/h2-4,9,11-12,14H,5-8,10H2,1H3,(H,25,27). The summed E-state index contributed by atoms with van der Waals surface area (Å²) in [6, 6.07) is 8.26. The van der Waals surface area contributed by atoms with E-state index in [1.54, 1.807) is 12.0 Å². The number of piperidine rings is 1. The molecule has 1 fully saturated rings.